The number of nitrogens with one attached hydrogen (secondary N) is 1. The Hall–Kier alpha value is -2.25. The summed E-state index contributed by atoms with van der Waals surface area (Å²) in [6.45, 7) is 0.772. The second kappa shape index (κ2) is 8.24. The molecule has 0 bridgehead atoms. The molecule has 2 aliphatic rings. The van der Waals surface area contributed by atoms with Crippen molar-refractivity contribution in [3.63, 3.8) is 0 Å². The Labute approximate surface area is 171 Å². The molecule has 0 aromatic heterocycles. The third kappa shape index (κ3) is 4.07. The number of carbonyl (C=O) groups is 1. The van der Waals surface area contributed by atoms with Crippen LogP contribution in [0.25, 0.3) is 0 Å². The molecule has 2 aromatic rings. The normalized spacial score (nSPS) is 20.1. The molecule has 1 N–H and O–H groups in total. The first-order chi connectivity index (χ1) is 14.0. The number of carbonyl (C=O) groups excluding carboxylic acids is 1. The molecule has 1 saturated heterocycles. The van der Waals surface area contributed by atoms with Crippen LogP contribution in [-0.2, 0) is 16.4 Å². The fourth-order valence-electron chi connectivity index (χ4n) is 4.23. The SMILES string of the molecule is O=C(N[C@@H]1CCCc2ccccc21)c1ccc(F)c(S(=O)(=O)N2CCCCC2)c1. The molecule has 1 heterocycles. The summed E-state index contributed by atoms with van der Waals surface area (Å²) in [6.07, 6.45) is 5.28. The van der Waals surface area contributed by atoms with Gasteiger partial charge in [-0.25, -0.2) is 12.8 Å². The quantitative estimate of drug-likeness (QED) is 0.824. The van der Waals surface area contributed by atoms with Gasteiger partial charge < -0.3 is 5.32 Å². The minimum Gasteiger partial charge on any atom is -0.345 e. The van der Waals surface area contributed by atoms with Crippen molar-refractivity contribution < 1.29 is 17.6 Å². The molecule has 0 radical (unpaired) electrons. The number of rotatable bonds is 4. The zero-order chi connectivity index (χ0) is 20.4. The summed E-state index contributed by atoms with van der Waals surface area (Å²) < 4.78 is 41.5. The number of benzene rings is 2. The van der Waals surface area contributed by atoms with Gasteiger partial charge in [-0.05, 0) is 61.4 Å². The topological polar surface area (TPSA) is 66.5 Å². The van der Waals surface area contributed by atoms with Gasteiger partial charge in [0.25, 0.3) is 5.91 Å². The third-order valence-electron chi connectivity index (χ3n) is 5.80. The lowest BCUT2D eigenvalue weighted by molar-refractivity contribution is 0.0932. The predicted octanol–water partition coefficient (Wildman–Crippen LogP) is 3.81. The summed E-state index contributed by atoms with van der Waals surface area (Å²) in [4.78, 5) is 12.4. The summed E-state index contributed by atoms with van der Waals surface area (Å²) >= 11 is 0. The third-order valence-corrected chi connectivity index (χ3v) is 7.71. The molecule has 4 rings (SSSR count). The second-order valence-corrected chi connectivity index (χ2v) is 9.63. The molecule has 29 heavy (non-hydrogen) atoms. The van der Waals surface area contributed by atoms with E-state index in [2.05, 4.69) is 11.4 Å². The van der Waals surface area contributed by atoms with E-state index in [9.17, 15) is 17.6 Å². The molecule has 1 atom stereocenters. The number of sulfonamides is 1. The van der Waals surface area contributed by atoms with E-state index >= 15 is 0 Å². The Morgan fingerprint density at radius 3 is 2.59 bits per heavy atom. The van der Waals surface area contributed by atoms with Crippen LogP contribution in [0.3, 0.4) is 0 Å². The summed E-state index contributed by atoms with van der Waals surface area (Å²) in [6, 6.07) is 11.5. The highest BCUT2D eigenvalue weighted by Gasteiger charge is 2.30. The van der Waals surface area contributed by atoms with Gasteiger partial charge in [-0.2, -0.15) is 4.31 Å². The van der Waals surface area contributed by atoms with Crippen molar-refractivity contribution in [1.29, 1.82) is 0 Å². The van der Waals surface area contributed by atoms with Crippen molar-refractivity contribution in [2.45, 2.75) is 49.5 Å². The monoisotopic (exact) mass is 416 g/mol. The van der Waals surface area contributed by atoms with Crippen LogP contribution in [0, 0.1) is 5.82 Å². The van der Waals surface area contributed by atoms with E-state index in [0.717, 1.165) is 50.2 Å². The van der Waals surface area contributed by atoms with Gasteiger partial charge in [0.15, 0.2) is 0 Å². The zero-order valence-corrected chi connectivity index (χ0v) is 17.1. The minimum absolute atomic E-state index is 0.125. The van der Waals surface area contributed by atoms with Gasteiger partial charge in [0.1, 0.15) is 10.7 Å². The fourth-order valence-corrected chi connectivity index (χ4v) is 5.84. The van der Waals surface area contributed by atoms with Crippen LogP contribution in [0.2, 0.25) is 0 Å². The molecule has 1 fully saturated rings. The number of nitrogens with zero attached hydrogens (tertiary/aromatic N) is 1. The number of fused-ring (bicyclic) bond motifs is 1. The van der Waals surface area contributed by atoms with Crippen molar-refractivity contribution >= 4 is 15.9 Å². The van der Waals surface area contributed by atoms with Gasteiger partial charge in [-0.1, -0.05) is 30.7 Å². The molecule has 0 spiro atoms. The zero-order valence-electron chi connectivity index (χ0n) is 16.2. The van der Waals surface area contributed by atoms with Crippen LogP contribution < -0.4 is 5.32 Å². The maximum absolute atomic E-state index is 14.4. The molecule has 7 heteroatoms. The Morgan fingerprint density at radius 1 is 1.03 bits per heavy atom. The largest absolute Gasteiger partial charge is 0.345 e. The van der Waals surface area contributed by atoms with Gasteiger partial charge in [0.2, 0.25) is 10.0 Å². The number of amides is 1. The highest BCUT2D eigenvalue weighted by molar-refractivity contribution is 7.89. The molecule has 2 aromatic carbocycles. The smallest absolute Gasteiger partial charge is 0.251 e. The average molecular weight is 417 g/mol. The number of hydrogen-bond acceptors (Lipinski definition) is 3. The maximum atomic E-state index is 14.4. The molecule has 5 nitrogen and oxygen atoms in total. The Balaban J connectivity index is 1.58. The molecule has 0 saturated carbocycles. The standard InChI is InChI=1S/C22H25FN2O3S/c23-19-12-11-17(15-21(19)29(27,28)25-13-4-1-5-14-25)22(26)24-20-10-6-8-16-7-2-3-9-18(16)20/h2-3,7,9,11-12,15,20H,1,4-6,8,10,13-14H2,(H,24,26)/t20-/m1/s1. The first kappa shape index (κ1) is 20.0. The van der Waals surface area contributed by atoms with Crippen molar-refractivity contribution in [2.75, 3.05) is 13.1 Å². The lowest BCUT2D eigenvalue weighted by atomic mass is 9.87. The van der Waals surface area contributed by atoms with E-state index in [1.807, 2.05) is 18.2 Å². The Kier molecular flexibility index (Phi) is 5.69. The lowest BCUT2D eigenvalue weighted by Gasteiger charge is -2.27. The van der Waals surface area contributed by atoms with E-state index in [1.165, 1.54) is 22.0 Å². The van der Waals surface area contributed by atoms with Crippen LogP contribution in [0.15, 0.2) is 47.4 Å². The molecular formula is C22H25FN2O3S. The number of aryl methyl sites for hydroxylation is 1. The van der Waals surface area contributed by atoms with E-state index < -0.39 is 20.7 Å². The molecule has 1 amide bonds. The fraction of sp³-hybridized carbons (Fsp3) is 0.409. The summed E-state index contributed by atoms with van der Waals surface area (Å²) in [5, 5.41) is 3.00. The number of piperidine rings is 1. The van der Waals surface area contributed by atoms with Gasteiger partial charge in [0.05, 0.1) is 6.04 Å². The van der Waals surface area contributed by atoms with Gasteiger partial charge in [-0.3, -0.25) is 4.79 Å². The molecule has 1 aliphatic heterocycles. The van der Waals surface area contributed by atoms with Crippen LogP contribution >= 0.6 is 0 Å². The molecular weight excluding hydrogens is 391 g/mol. The minimum atomic E-state index is -3.95. The summed E-state index contributed by atoms with van der Waals surface area (Å²) in [5.74, 6) is -1.21. The van der Waals surface area contributed by atoms with Crippen molar-refractivity contribution in [1.82, 2.24) is 9.62 Å². The van der Waals surface area contributed by atoms with Crippen LogP contribution in [0.1, 0.15) is 59.6 Å². The average Bonchev–Trinajstić information content (AvgIpc) is 2.75. The summed E-state index contributed by atoms with van der Waals surface area (Å²) in [5.41, 5.74) is 2.47. The lowest BCUT2D eigenvalue weighted by Crippen LogP contribution is -2.36. The molecule has 154 valence electrons. The van der Waals surface area contributed by atoms with Gasteiger partial charge >= 0.3 is 0 Å². The number of hydrogen-bond donors (Lipinski definition) is 1. The van der Waals surface area contributed by atoms with Gasteiger partial charge in [-0.15, -0.1) is 0 Å². The number of halogens is 1. The second-order valence-electron chi connectivity index (χ2n) is 7.73. The van der Waals surface area contributed by atoms with E-state index in [-0.39, 0.29) is 17.5 Å². The Bertz CT molecular complexity index is 1020. The van der Waals surface area contributed by atoms with Crippen LogP contribution in [0.5, 0.6) is 0 Å². The van der Waals surface area contributed by atoms with Gasteiger partial charge in [0, 0.05) is 18.7 Å². The van der Waals surface area contributed by atoms with Crippen molar-refractivity contribution in [3.05, 3.63) is 65.0 Å². The Morgan fingerprint density at radius 2 is 1.79 bits per heavy atom. The van der Waals surface area contributed by atoms with E-state index in [1.54, 1.807) is 0 Å². The van der Waals surface area contributed by atoms with E-state index in [0.29, 0.717) is 13.1 Å². The first-order valence-corrected chi connectivity index (χ1v) is 11.6. The van der Waals surface area contributed by atoms with Crippen molar-refractivity contribution in [2.24, 2.45) is 0 Å². The highest BCUT2D eigenvalue weighted by atomic mass is 32.2. The maximum Gasteiger partial charge on any atom is 0.251 e. The van der Waals surface area contributed by atoms with E-state index in [4.69, 9.17) is 0 Å². The highest BCUT2D eigenvalue weighted by Crippen LogP contribution is 2.30. The predicted molar refractivity (Wildman–Crippen MR) is 109 cm³/mol. The molecule has 0 unspecified atom stereocenters. The van der Waals surface area contributed by atoms with Crippen LogP contribution in [-0.4, -0.2) is 31.7 Å². The molecule has 1 aliphatic carbocycles. The first-order valence-electron chi connectivity index (χ1n) is 10.2. The van der Waals surface area contributed by atoms with Crippen molar-refractivity contribution in [3.8, 4) is 0 Å². The summed E-state index contributed by atoms with van der Waals surface area (Å²) in [7, 11) is -3.95. The van der Waals surface area contributed by atoms with Crippen LogP contribution in [0.4, 0.5) is 4.39 Å².